The Labute approximate surface area is 126 Å². The van der Waals surface area contributed by atoms with Gasteiger partial charge in [-0.3, -0.25) is 0 Å². The second-order valence-corrected chi connectivity index (χ2v) is 4.60. The molecule has 0 aliphatic carbocycles. The van der Waals surface area contributed by atoms with Gasteiger partial charge in [0.25, 0.3) is 0 Å². The van der Waals surface area contributed by atoms with Crippen molar-refractivity contribution in [3.8, 4) is 11.5 Å². The molecule has 0 saturated carbocycles. The Kier molecular flexibility index (Phi) is 7.39. The van der Waals surface area contributed by atoms with Crippen LogP contribution in [0.15, 0.2) is 18.2 Å². The fourth-order valence-corrected chi connectivity index (χ4v) is 1.85. The molecule has 1 N–H and O–H groups in total. The average molecular weight is 296 g/mol. The maximum absolute atomic E-state index is 11.9. The first-order valence-electron chi connectivity index (χ1n) is 6.81. The monoisotopic (exact) mass is 296 g/mol. The van der Waals surface area contributed by atoms with Crippen molar-refractivity contribution in [1.82, 2.24) is 10.2 Å². The van der Waals surface area contributed by atoms with E-state index >= 15 is 0 Å². The highest BCUT2D eigenvalue weighted by molar-refractivity contribution is 5.73. The highest BCUT2D eigenvalue weighted by Gasteiger charge is 2.10. The fraction of sp³-hybridized carbons (Fsp3) is 0.533. The Balaban J connectivity index is 2.52. The topological polar surface area (TPSA) is 60.0 Å². The van der Waals surface area contributed by atoms with Crippen LogP contribution in [0.3, 0.4) is 0 Å². The second-order valence-electron chi connectivity index (χ2n) is 4.60. The molecule has 0 bridgehead atoms. The van der Waals surface area contributed by atoms with E-state index in [-0.39, 0.29) is 6.03 Å². The van der Waals surface area contributed by atoms with E-state index in [1.165, 1.54) is 0 Å². The molecule has 1 aromatic carbocycles. The van der Waals surface area contributed by atoms with Gasteiger partial charge in [-0.25, -0.2) is 4.79 Å². The average Bonchev–Trinajstić information content (AvgIpc) is 2.52. The molecule has 0 aliphatic heterocycles. The number of rotatable bonds is 8. The van der Waals surface area contributed by atoms with Crippen LogP contribution in [-0.2, 0) is 11.3 Å². The molecule has 0 saturated heterocycles. The van der Waals surface area contributed by atoms with Gasteiger partial charge in [0.2, 0.25) is 0 Å². The summed E-state index contributed by atoms with van der Waals surface area (Å²) in [5.74, 6) is 1.41. The molecule has 6 nitrogen and oxygen atoms in total. The molecule has 0 spiro atoms. The maximum atomic E-state index is 11.9. The van der Waals surface area contributed by atoms with E-state index < -0.39 is 0 Å². The van der Waals surface area contributed by atoms with E-state index in [4.69, 9.17) is 14.2 Å². The number of hydrogen-bond donors (Lipinski definition) is 1. The lowest BCUT2D eigenvalue weighted by Crippen LogP contribution is -2.37. The van der Waals surface area contributed by atoms with E-state index in [1.807, 2.05) is 12.1 Å². The van der Waals surface area contributed by atoms with Gasteiger partial charge in [-0.05, 0) is 18.6 Å². The Bertz CT molecular complexity index is 451. The van der Waals surface area contributed by atoms with Gasteiger partial charge in [0.05, 0.1) is 14.2 Å². The van der Waals surface area contributed by atoms with E-state index in [0.717, 1.165) is 17.7 Å². The molecule has 0 unspecified atom stereocenters. The number of ether oxygens (including phenoxy) is 3. The van der Waals surface area contributed by atoms with Crippen LogP contribution < -0.4 is 14.8 Å². The Morgan fingerprint density at radius 1 is 1.24 bits per heavy atom. The minimum absolute atomic E-state index is 0.121. The summed E-state index contributed by atoms with van der Waals surface area (Å²) in [7, 11) is 6.61. The van der Waals surface area contributed by atoms with Crippen LogP contribution in [0.4, 0.5) is 4.79 Å². The van der Waals surface area contributed by atoms with Gasteiger partial charge in [-0.15, -0.1) is 0 Å². The standard InChI is InChI=1S/C15H24N2O4/c1-17(8-5-9-19-2)15(18)16-11-12-6-7-13(20-3)10-14(12)21-4/h6-7,10H,5,8-9,11H2,1-4H3,(H,16,18). The number of nitrogens with zero attached hydrogens (tertiary/aromatic N) is 1. The van der Waals surface area contributed by atoms with Gasteiger partial charge in [0.1, 0.15) is 11.5 Å². The maximum Gasteiger partial charge on any atom is 0.317 e. The van der Waals surface area contributed by atoms with Crippen LogP contribution in [0.1, 0.15) is 12.0 Å². The zero-order chi connectivity index (χ0) is 15.7. The first-order chi connectivity index (χ1) is 10.1. The molecule has 6 heteroatoms. The van der Waals surface area contributed by atoms with Crippen molar-refractivity contribution in [2.24, 2.45) is 0 Å². The zero-order valence-corrected chi connectivity index (χ0v) is 13.1. The van der Waals surface area contributed by atoms with Crippen molar-refractivity contribution in [3.63, 3.8) is 0 Å². The Morgan fingerprint density at radius 2 is 2.00 bits per heavy atom. The van der Waals surface area contributed by atoms with Crippen molar-refractivity contribution in [2.75, 3.05) is 41.5 Å². The number of benzene rings is 1. The van der Waals surface area contributed by atoms with E-state index in [9.17, 15) is 4.79 Å². The SMILES string of the molecule is COCCCN(C)C(=O)NCc1ccc(OC)cc1OC. The lowest BCUT2D eigenvalue weighted by molar-refractivity contribution is 0.175. The lowest BCUT2D eigenvalue weighted by atomic mass is 10.2. The van der Waals surface area contributed by atoms with Crippen LogP contribution in [0.25, 0.3) is 0 Å². The second kappa shape index (κ2) is 9.07. The summed E-state index contributed by atoms with van der Waals surface area (Å²) in [4.78, 5) is 13.6. The molecule has 0 radical (unpaired) electrons. The number of urea groups is 1. The molecule has 1 aromatic rings. The molecular weight excluding hydrogens is 272 g/mol. The van der Waals surface area contributed by atoms with Crippen molar-refractivity contribution in [2.45, 2.75) is 13.0 Å². The highest BCUT2D eigenvalue weighted by Crippen LogP contribution is 2.24. The molecule has 0 atom stereocenters. The van der Waals surface area contributed by atoms with Gasteiger partial charge in [-0.2, -0.15) is 0 Å². The number of carbonyl (C=O) groups excluding carboxylic acids is 1. The van der Waals surface area contributed by atoms with Crippen LogP contribution >= 0.6 is 0 Å². The van der Waals surface area contributed by atoms with Gasteiger partial charge in [-0.1, -0.05) is 0 Å². The normalized spacial score (nSPS) is 10.1. The van der Waals surface area contributed by atoms with Crippen LogP contribution in [0.5, 0.6) is 11.5 Å². The van der Waals surface area contributed by atoms with E-state index in [1.54, 1.807) is 39.3 Å². The Hall–Kier alpha value is -1.95. The smallest absolute Gasteiger partial charge is 0.317 e. The molecular formula is C15H24N2O4. The van der Waals surface area contributed by atoms with E-state index in [0.29, 0.717) is 25.4 Å². The lowest BCUT2D eigenvalue weighted by Gasteiger charge is -2.18. The summed E-state index contributed by atoms with van der Waals surface area (Å²) in [6, 6.07) is 5.39. The number of amides is 2. The minimum atomic E-state index is -0.121. The molecule has 0 fully saturated rings. The summed E-state index contributed by atoms with van der Waals surface area (Å²) < 4.78 is 15.4. The van der Waals surface area contributed by atoms with Gasteiger partial charge < -0.3 is 24.4 Å². The highest BCUT2D eigenvalue weighted by atomic mass is 16.5. The van der Waals surface area contributed by atoms with Gasteiger partial charge >= 0.3 is 6.03 Å². The zero-order valence-electron chi connectivity index (χ0n) is 13.1. The number of methoxy groups -OCH3 is 3. The fourth-order valence-electron chi connectivity index (χ4n) is 1.85. The largest absolute Gasteiger partial charge is 0.497 e. The molecule has 118 valence electrons. The quantitative estimate of drug-likeness (QED) is 0.744. The number of hydrogen-bond acceptors (Lipinski definition) is 4. The summed E-state index contributed by atoms with van der Waals surface area (Å²) in [6.07, 6.45) is 0.812. The van der Waals surface area contributed by atoms with Gasteiger partial charge in [0.15, 0.2) is 0 Å². The van der Waals surface area contributed by atoms with Crippen molar-refractivity contribution in [1.29, 1.82) is 0 Å². The summed E-state index contributed by atoms with van der Waals surface area (Å²) in [5.41, 5.74) is 0.900. The summed E-state index contributed by atoms with van der Waals surface area (Å²) >= 11 is 0. The predicted octanol–water partition coefficient (Wildman–Crippen LogP) is 1.88. The van der Waals surface area contributed by atoms with Crippen molar-refractivity contribution >= 4 is 6.03 Å². The minimum Gasteiger partial charge on any atom is -0.497 e. The molecule has 0 aromatic heterocycles. The van der Waals surface area contributed by atoms with Crippen molar-refractivity contribution < 1.29 is 19.0 Å². The third-order valence-electron chi connectivity index (χ3n) is 3.11. The molecule has 1 rings (SSSR count). The molecule has 0 heterocycles. The first-order valence-corrected chi connectivity index (χ1v) is 6.81. The van der Waals surface area contributed by atoms with Crippen LogP contribution in [0, 0.1) is 0 Å². The third-order valence-corrected chi connectivity index (χ3v) is 3.11. The number of nitrogens with one attached hydrogen (secondary N) is 1. The Morgan fingerprint density at radius 3 is 2.62 bits per heavy atom. The number of carbonyl (C=O) groups is 1. The summed E-state index contributed by atoms with van der Waals surface area (Å²) in [5, 5.41) is 2.86. The van der Waals surface area contributed by atoms with E-state index in [2.05, 4.69) is 5.32 Å². The molecule has 0 aliphatic rings. The molecule has 21 heavy (non-hydrogen) atoms. The predicted molar refractivity (Wildman–Crippen MR) is 80.9 cm³/mol. The van der Waals surface area contributed by atoms with Gasteiger partial charge in [0, 0.05) is 45.5 Å². The third kappa shape index (κ3) is 5.51. The van der Waals surface area contributed by atoms with Crippen LogP contribution in [0.2, 0.25) is 0 Å². The summed E-state index contributed by atoms with van der Waals surface area (Å²) in [6.45, 7) is 1.70. The first kappa shape index (κ1) is 17.1. The van der Waals surface area contributed by atoms with Crippen LogP contribution in [-0.4, -0.2) is 52.5 Å². The van der Waals surface area contributed by atoms with Crippen molar-refractivity contribution in [3.05, 3.63) is 23.8 Å². The molecule has 2 amide bonds.